The van der Waals surface area contributed by atoms with Crippen LogP contribution in [0.25, 0.3) is 11.2 Å². The molecule has 0 radical (unpaired) electrons. The molecule has 0 saturated carbocycles. The Kier molecular flexibility index (Phi) is 7.58. The zero-order valence-electron chi connectivity index (χ0n) is 22.7. The van der Waals surface area contributed by atoms with Crippen LogP contribution in [0.5, 0.6) is 0 Å². The van der Waals surface area contributed by atoms with E-state index in [1.165, 1.54) is 30.4 Å². The lowest BCUT2D eigenvalue weighted by Gasteiger charge is -2.34. The molecule has 0 bridgehead atoms. The third-order valence-electron chi connectivity index (χ3n) is 8.89. The number of piperidine rings is 2. The van der Waals surface area contributed by atoms with Crippen LogP contribution in [0.2, 0.25) is 0 Å². The number of hydrogen-bond donors (Lipinski definition) is 1. The summed E-state index contributed by atoms with van der Waals surface area (Å²) in [6, 6.07) is 8.68. The van der Waals surface area contributed by atoms with Crippen LogP contribution in [0.15, 0.2) is 30.6 Å². The highest BCUT2D eigenvalue weighted by Crippen LogP contribution is 2.29. The molecule has 3 aromatic rings. The van der Waals surface area contributed by atoms with Gasteiger partial charge < -0.3 is 14.8 Å². The molecule has 1 atom stereocenters. The van der Waals surface area contributed by atoms with E-state index in [1.807, 2.05) is 0 Å². The van der Waals surface area contributed by atoms with E-state index in [-0.39, 0.29) is 11.8 Å². The van der Waals surface area contributed by atoms with Crippen LogP contribution in [-0.4, -0.2) is 63.0 Å². The Labute approximate surface area is 225 Å². The van der Waals surface area contributed by atoms with Gasteiger partial charge in [0.15, 0.2) is 17.0 Å². The molecule has 202 valence electrons. The monoisotopic (exact) mass is 515 g/mol. The standard InChI is InChI=1S/C30H41N7O/c1-22-8-4-5-9-24(22)19-35-16-12-23(13-17-35)18-31-30(38)25-10-7-14-36(20-25)28-27-29(33-21-32-28)37-15-6-2-3-11-26(37)34-27/h4-5,8-9,21,23,25H,2-3,6-7,10-20H2,1H3,(H,31,38)/t25-/m0/s1. The van der Waals surface area contributed by atoms with Gasteiger partial charge in [-0.05, 0) is 75.6 Å². The summed E-state index contributed by atoms with van der Waals surface area (Å²) in [5.74, 6) is 2.79. The Morgan fingerprint density at radius 3 is 2.74 bits per heavy atom. The van der Waals surface area contributed by atoms with Gasteiger partial charge in [0.1, 0.15) is 12.2 Å². The Morgan fingerprint density at radius 1 is 1.00 bits per heavy atom. The van der Waals surface area contributed by atoms with Crippen LogP contribution < -0.4 is 10.2 Å². The molecule has 0 unspecified atom stereocenters. The predicted octanol–water partition coefficient (Wildman–Crippen LogP) is 4.11. The second-order valence-electron chi connectivity index (χ2n) is 11.5. The van der Waals surface area contributed by atoms with E-state index in [1.54, 1.807) is 6.33 Å². The first kappa shape index (κ1) is 25.3. The molecule has 0 aliphatic carbocycles. The Balaban J connectivity index is 1.03. The Bertz CT molecular complexity index is 1260. The highest BCUT2D eigenvalue weighted by atomic mass is 16.1. The molecule has 5 heterocycles. The third kappa shape index (κ3) is 5.41. The molecule has 1 N–H and O–H groups in total. The van der Waals surface area contributed by atoms with E-state index in [0.29, 0.717) is 12.5 Å². The van der Waals surface area contributed by atoms with Crippen molar-refractivity contribution < 1.29 is 4.79 Å². The number of likely N-dealkylation sites (tertiary alicyclic amines) is 1. The summed E-state index contributed by atoms with van der Waals surface area (Å²) in [5.41, 5.74) is 4.65. The maximum atomic E-state index is 13.2. The molecule has 2 aromatic heterocycles. The van der Waals surface area contributed by atoms with Crippen LogP contribution in [0.1, 0.15) is 61.9 Å². The fraction of sp³-hybridized carbons (Fsp3) is 0.600. The van der Waals surface area contributed by atoms with Crippen molar-refractivity contribution in [3.63, 3.8) is 0 Å². The summed E-state index contributed by atoms with van der Waals surface area (Å²) >= 11 is 0. The zero-order valence-corrected chi connectivity index (χ0v) is 22.7. The number of anilines is 1. The molecule has 2 fully saturated rings. The first-order chi connectivity index (χ1) is 18.7. The molecular formula is C30H41N7O. The number of nitrogens with zero attached hydrogens (tertiary/aromatic N) is 6. The highest BCUT2D eigenvalue weighted by molar-refractivity contribution is 5.85. The number of carbonyl (C=O) groups excluding carboxylic acids is 1. The summed E-state index contributed by atoms with van der Waals surface area (Å²) in [7, 11) is 0. The minimum absolute atomic E-state index is 0.00431. The number of imidazole rings is 1. The maximum absolute atomic E-state index is 13.2. The molecule has 1 amide bonds. The number of carbonyl (C=O) groups is 1. The molecule has 6 rings (SSSR count). The van der Waals surface area contributed by atoms with Crippen molar-refractivity contribution in [1.82, 2.24) is 29.7 Å². The van der Waals surface area contributed by atoms with Gasteiger partial charge in [0.2, 0.25) is 5.91 Å². The Morgan fingerprint density at radius 2 is 1.87 bits per heavy atom. The molecule has 0 spiro atoms. The van der Waals surface area contributed by atoms with Gasteiger partial charge in [-0.1, -0.05) is 30.7 Å². The third-order valence-corrected chi connectivity index (χ3v) is 8.89. The van der Waals surface area contributed by atoms with Crippen molar-refractivity contribution >= 4 is 22.9 Å². The summed E-state index contributed by atoms with van der Waals surface area (Å²) in [6.45, 7) is 8.82. The average Bonchev–Trinajstić information content (AvgIpc) is 3.14. The molecule has 3 aliphatic rings. The quantitative estimate of drug-likeness (QED) is 0.532. The minimum Gasteiger partial charge on any atom is -0.356 e. The second kappa shape index (κ2) is 11.4. The number of amides is 1. The van der Waals surface area contributed by atoms with Gasteiger partial charge >= 0.3 is 0 Å². The zero-order chi connectivity index (χ0) is 25.9. The SMILES string of the molecule is Cc1ccccc1CN1CCC(CNC(=O)[C@H]2CCCN(c3ncnc4c3nc3n4CCCCC3)C2)CC1. The van der Waals surface area contributed by atoms with Gasteiger partial charge in [0.05, 0.1) is 5.92 Å². The summed E-state index contributed by atoms with van der Waals surface area (Å²) in [6.07, 6.45) is 10.5. The van der Waals surface area contributed by atoms with Crippen molar-refractivity contribution in [1.29, 1.82) is 0 Å². The van der Waals surface area contributed by atoms with Gasteiger partial charge in [-0.2, -0.15) is 0 Å². The molecule has 38 heavy (non-hydrogen) atoms. The van der Waals surface area contributed by atoms with Crippen LogP contribution in [0, 0.1) is 18.8 Å². The van der Waals surface area contributed by atoms with E-state index < -0.39 is 0 Å². The number of hydrogen-bond acceptors (Lipinski definition) is 6. The fourth-order valence-electron chi connectivity index (χ4n) is 6.51. The van der Waals surface area contributed by atoms with Crippen molar-refractivity contribution in [2.75, 3.05) is 37.6 Å². The van der Waals surface area contributed by atoms with Crippen molar-refractivity contribution in [3.05, 3.63) is 47.5 Å². The van der Waals surface area contributed by atoms with E-state index in [2.05, 4.69) is 60.8 Å². The van der Waals surface area contributed by atoms with Gasteiger partial charge in [-0.3, -0.25) is 9.69 Å². The van der Waals surface area contributed by atoms with Gasteiger partial charge in [-0.25, -0.2) is 15.0 Å². The van der Waals surface area contributed by atoms with E-state index in [0.717, 1.165) is 94.2 Å². The molecule has 8 heteroatoms. The lowest BCUT2D eigenvalue weighted by atomic mass is 9.94. The summed E-state index contributed by atoms with van der Waals surface area (Å²) in [5, 5.41) is 3.32. The van der Waals surface area contributed by atoms with Crippen LogP contribution in [0.4, 0.5) is 5.82 Å². The molecule has 3 aliphatic heterocycles. The van der Waals surface area contributed by atoms with E-state index in [4.69, 9.17) is 4.98 Å². The van der Waals surface area contributed by atoms with E-state index >= 15 is 0 Å². The van der Waals surface area contributed by atoms with Gasteiger partial charge in [0.25, 0.3) is 0 Å². The van der Waals surface area contributed by atoms with Crippen molar-refractivity contribution in [2.45, 2.75) is 71.4 Å². The number of benzene rings is 1. The van der Waals surface area contributed by atoms with Gasteiger partial charge in [0, 0.05) is 39.1 Å². The first-order valence-corrected chi connectivity index (χ1v) is 14.7. The lowest BCUT2D eigenvalue weighted by molar-refractivity contribution is -0.125. The number of fused-ring (bicyclic) bond motifs is 3. The van der Waals surface area contributed by atoms with Crippen molar-refractivity contribution in [3.8, 4) is 0 Å². The maximum Gasteiger partial charge on any atom is 0.224 e. The van der Waals surface area contributed by atoms with Crippen molar-refractivity contribution in [2.24, 2.45) is 11.8 Å². The van der Waals surface area contributed by atoms with Crippen LogP contribution in [0.3, 0.4) is 0 Å². The average molecular weight is 516 g/mol. The molecule has 1 aromatic carbocycles. The normalized spacial score (nSPS) is 21.3. The number of nitrogens with one attached hydrogen (secondary N) is 1. The topological polar surface area (TPSA) is 79.2 Å². The summed E-state index contributed by atoms with van der Waals surface area (Å²) in [4.78, 5) is 32.3. The van der Waals surface area contributed by atoms with Crippen LogP contribution >= 0.6 is 0 Å². The lowest BCUT2D eigenvalue weighted by Crippen LogP contribution is -2.45. The highest BCUT2D eigenvalue weighted by Gasteiger charge is 2.30. The molecular weight excluding hydrogens is 474 g/mol. The fourth-order valence-corrected chi connectivity index (χ4v) is 6.51. The largest absolute Gasteiger partial charge is 0.356 e. The minimum atomic E-state index is -0.00431. The second-order valence-corrected chi connectivity index (χ2v) is 11.5. The summed E-state index contributed by atoms with van der Waals surface area (Å²) < 4.78 is 2.29. The number of rotatable bonds is 6. The molecule has 8 nitrogen and oxygen atoms in total. The van der Waals surface area contributed by atoms with Crippen LogP contribution in [-0.2, 0) is 24.3 Å². The Hall–Kier alpha value is -3.00. The smallest absolute Gasteiger partial charge is 0.224 e. The number of aryl methyl sites for hydroxylation is 3. The predicted molar refractivity (Wildman–Crippen MR) is 150 cm³/mol. The van der Waals surface area contributed by atoms with Gasteiger partial charge in [-0.15, -0.1) is 0 Å². The van der Waals surface area contributed by atoms with E-state index in [9.17, 15) is 4.79 Å². The first-order valence-electron chi connectivity index (χ1n) is 14.7. The molecule has 2 saturated heterocycles. The number of aromatic nitrogens is 4.